The van der Waals surface area contributed by atoms with Crippen molar-refractivity contribution in [1.29, 1.82) is 0 Å². The molecule has 1 heterocycles. The highest BCUT2D eigenvalue weighted by atomic mass is 32.1. The van der Waals surface area contributed by atoms with Crippen LogP contribution in [-0.2, 0) is 15.1 Å². The molecule has 1 aromatic carbocycles. The number of hydrogen-bond acceptors (Lipinski definition) is 4. The average molecular weight is 411 g/mol. The second-order valence-corrected chi connectivity index (χ2v) is 8.13. The number of halogens is 3. The summed E-state index contributed by atoms with van der Waals surface area (Å²) in [7, 11) is 0. The van der Waals surface area contributed by atoms with Crippen LogP contribution in [0.5, 0.6) is 0 Å². The van der Waals surface area contributed by atoms with E-state index in [2.05, 4.69) is 5.32 Å². The number of aryl methyl sites for hydroxylation is 1. The molecule has 0 aliphatic heterocycles. The molecule has 4 nitrogen and oxygen atoms in total. The molecular weight excluding hydrogens is 391 g/mol. The van der Waals surface area contributed by atoms with E-state index in [0.29, 0.717) is 29.7 Å². The maximum absolute atomic E-state index is 13.0. The number of esters is 1. The van der Waals surface area contributed by atoms with Gasteiger partial charge in [-0.25, -0.2) is 4.79 Å². The lowest BCUT2D eigenvalue weighted by Gasteiger charge is -2.43. The number of benzene rings is 1. The molecule has 0 radical (unpaired) electrons. The Morgan fingerprint density at radius 1 is 1.14 bits per heavy atom. The molecule has 2 atom stereocenters. The van der Waals surface area contributed by atoms with Gasteiger partial charge in [-0.3, -0.25) is 4.79 Å². The van der Waals surface area contributed by atoms with Crippen LogP contribution in [0.4, 0.5) is 13.2 Å². The molecule has 150 valence electrons. The van der Waals surface area contributed by atoms with Crippen LogP contribution >= 0.6 is 11.3 Å². The zero-order valence-electron chi connectivity index (χ0n) is 15.2. The lowest BCUT2D eigenvalue weighted by molar-refractivity contribution is -0.178. The van der Waals surface area contributed by atoms with Crippen LogP contribution in [0.3, 0.4) is 0 Å². The molecule has 1 aliphatic carbocycles. The fourth-order valence-corrected chi connectivity index (χ4v) is 4.59. The Hall–Kier alpha value is -2.35. The zero-order chi connectivity index (χ0) is 20.4. The summed E-state index contributed by atoms with van der Waals surface area (Å²) < 4.78 is 44.8. The second-order valence-electron chi connectivity index (χ2n) is 6.84. The first-order valence-electron chi connectivity index (χ1n) is 8.95. The van der Waals surface area contributed by atoms with E-state index >= 15 is 0 Å². The fraction of sp³-hybridized carbons (Fsp3) is 0.400. The third-order valence-corrected chi connectivity index (χ3v) is 6.05. The molecule has 2 aromatic rings. The van der Waals surface area contributed by atoms with Gasteiger partial charge in [-0.2, -0.15) is 13.2 Å². The van der Waals surface area contributed by atoms with E-state index in [1.807, 2.05) is 6.92 Å². The first-order valence-corrected chi connectivity index (χ1v) is 9.76. The molecule has 1 N–H and O–H groups in total. The van der Waals surface area contributed by atoms with Crippen LogP contribution in [0.25, 0.3) is 0 Å². The molecule has 1 amide bonds. The van der Waals surface area contributed by atoms with Gasteiger partial charge in [0, 0.05) is 9.75 Å². The monoisotopic (exact) mass is 411 g/mol. The molecular formula is C20H20F3NO3S. The van der Waals surface area contributed by atoms with Crippen molar-refractivity contribution in [2.75, 3.05) is 0 Å². The van der Waals surface area contributed by atoms with Crippen molar-refractivity contribution in [2.45, 2.75) is 50.4 Å². The topological polar surface area (TPSA) is 55.4 Å². The summed E-state index contributed by atoms with van der Waals surface area (Å²) in [6.07, 6.45) is -3.96. The number of alkyl halides is 3. The van der Waals surface area contributed by atoms with Crippen molar-refractivity contribution in [3.63, 3.8) is 0 Å². The van der Waals surface area contributed by atoms with Crippen LogP contribution in [-0.4, -0.2) is 24.2 Å². The van der Waals surface area contributed by atoms with Crippen LogP contribution in [0.15, 0.2) is 42.5 Å². The fourth-order valence-electron chi connectivity index (χ4n) is 3.51. The molecule has 1 fully saturated rings. The number of rotatable bonds is 4. The summed E-state index contributed by atoms with van der Waals surface area (Å²) >= 11 is 1.30. The van der Waals surface area contributed by atoms with Gasteiger partial charge in [-0.1, -0.05) is 24.6 Å². The number of carbonyl (C=O) groups excluding carboxylic acids is 2. The molecule has 1 saturated carbocycles. The minimum absolute atomic E-state index is 0.265. The predicted molar refractivity (Wildman–Crippen MR) is 99.0 cm³/mol. The van der Waals surface area contributed by atoms with Crippen LogP contribution in [0.1, 0.15) is 45.8 Å². The van der Waals surface area contributed by atoms with Gasteiger partial charge >= 0.3 is 18.1 Å². The third kappa shape index (κ3) is 4.22. The molecule has 0 spiro atoms. The zero-order valence-corrected chi connectivity index (χ0v) is 16.0. The summed E-state index contributed by atoms with van der Waals surface area (Å²) in [5, 5.41) is 2.18. The van der Waals surface area contributed by atoms with Crippen LogP contribution < -0.4 is 5.32 Å². The summed E-state index contributed by atoms with van der Waals surface area (Å²) in [5.41, 5.74) is -1.08. The maximum atomic E-state index is 13.0. The van der Waals surface area contributed by atoms with Crippen molar-refractivity contribution in [3.05, 3.63) is 57.8 Å². The lowest BCUT2D eigenvalue weighted by atomic mass is 9.77. The molecule has 28 heavy (non-hydrogen) atoms. The van der Waals surface area contributed by atoms with Crippen molar-refractivity contribution in [3.8, 4) is 0 Å². The largest absolute Gasteiger partial charge is 0.471 e. The lowest BCUT2D eigenvalue weighted by Crippen LogP contribution is -2.59. The molecule has 3 rings (SSSR count). The van der Waals surface area contributed by atoms with Gasteiger partial charge in [0.25, 0.3) is 0 Å². The van der Waals surface area contributed by atoms with Gasteiger partial charge in [0.15, 0.2) is 0 Å². The van der Waals surface area contributed by atoms with E-state index < -0.39 is 29.7 Å². The number of carbonyl (C=O) groups is 2. The number of thiophene rings is 1. The van der Waals surface area contributed by atoms with Crippen LogP contribution in [0, 0.1) is 6.92 Å². The Morgan fingerprint density at radius 3 is 2.46 bits per heavy atom. The maximum Gasteiger partial charge on any atom is 0.471 e. The van der Waals surface area contributed by atoms with Crippen molar-refractivity contribution < 1.29 is 27.5 Å². The van der Waals surface area contributed by atoms with Gasteiger partial charge in [0.2, 0.25) is 0 Å². The third-order valence-electron chi connectivity index (χ3n) is 4.87. The molecule has 1 aromatic heterocycles. The Kier molecular flexibility index (Phi) is 5.79. The van der Waals surface area contributed by atoms with Crippen LogP contribution in [0.2, 0.25) is 0 Å². The highest BCUT2D eigenvalue weighted by molar-refractivity contribution is 7.12. The molecule has 0 unspecified atom stereocenters. The second kappa shape index (κ2) is 7.95. The summed E-state index contributed by atoms with van der Waals surface area (Å²) in [6, 6.07) is 11.8. The standard InChI is InChI=1S/C20H20F3NO3S/c1-13-10-11-16(28-13)19(24-18(26)20(21,22)23)12-6-5-9-15(19)27-17(25)14-7-3-2-4-8-14/h2-4,7-8,10-11,15H,5-6,9,12H2,1H3,(H,24,26)/t15-,19+/m0/s1. The number of hydrogen-bond donors (Lipinski definition) is 1. The van der Waals surface area contributed by atoms with Crippen molar-refractivity contribution in [1.82, 2.24) is 5.32 Å². The summed E-state index contributed by atoms with van der Waals surface area (Å²) in [5.74, 6) is -2.65. The van der Waals surface area contributed by atoms with Crippen molar-refractivity contribution in [2.24, 2.45) is 0 Å². The predicted octanol–water partition coefficient (Wildman–Crippen LogP) is 4.73. The summed E-state index contributed by atoms with van der Waals surface area (Å²) in [6.45, 7) is 1.83. The van der Waals surface area contributed by atoms with Gasteiger partial charge in [-0.15, -0.1) is 11.3 Å². The highest BCUT2D eigenvalue weighted by Crippen LogP contribution is 2.43. The Morgan fingerprint density at radius 2 is 1.86 bits per heavy atom. The number of amides is 1. The van der Waals surface area contributed by atoms with Gasteiger partial charge in [0.1, 0.15) is 11.6 Å². The first-order chi connectivity index (χ1) is 13.2. The number of ether oxygens (including phenoxy) is 1. The normalized spacial score (nSPS) is 22.5. The summed E-state index contributed by atoms with van der Waals surface area (Å²) in [4.78, 5) is 25.9. The van der Waals surface area contributed by atoms with Gasteiger partial charge < -0.3 is 10.1 Å². The van der Waals surface area contributed by atoms with E-state index in [1.165, 1.54) is 11.3 Å². The smallest absolute Gasteiger partial charge is 0.456 e. The van der Waals surface area contributed by atoms with E-state index in [-0.39, 0.29) is 6.42 Å². The number of nitrogens with one attached hydrogen (secondary N) is 1. The van der Waals surface area contributed by atoms with Gasteiger partial charge in [-0.05, 0) is 50.5 Å². The van der Waals surface area contributed by atoms with E-state index in [4.69, 9.17) is 4.74 Å². The Balaban J connectivity index is 1.97. The minimum Gasteiger partial charge on any atom is -0.456 e. The Bertz CT molecular complexity index is 850. The van der Waals surface area contributed by atoms with Crippen molar-refractivity contribution >= 4 is 23.2 Å². The van der Waals surface area contributed by atoms with E-state index in [1.54, 1.807) is 42.5 Å². The average Bonchev–Trinajstić information content (AvgIpc) is 3.10. The molecule has 0 saturated heterocycles. The van der Waals surface area contributed by atoms with E-state index in [0.717, 1.165) is 4.88 Å². The SMILES string of the molecule is Cc1ccc([C@@]2(NC(=O)C(F)(F)F)CCCC[C@@H]2OC(=O)c2ccccc2)s1. The van der Waals surface area contributed by atoms with E-state index in [9.17, 15) is 22.8 Å². The Labute approximate surface area is 164 Å². The van der Waals surface area contributed by atoms with Gasteiger partial charge in [0.05, 0.1) is 5.56 Å². The quantitative estimate of drug-likeness (QED) is 0.740. The minimum atomic E-state index is -5.02. The highest BCUT2D eigenvalue weighted by Gasteiger charge is 2.51. The molecule has 1 aliphatic rings. The molecule has 0 bridgehead atoms. The molecule has 8 heteroatoms. The first kappa shape index (κ1) is 20.4.